The number of nitrogens with one attached hydrogen (secondary N) is 1. The number of halogens is 1. The Balaban J connectivity index is 1.70. The van der Waals surface area contributed by atoms with Crippen molar-refractivity contribution in [3.63, 3.8) is 0 Å². The number of likely N-dealkylation sites (tertiary alicyclic amines) is 1. The predicted molar refractivity (Wildman–Crippen MR) is 103 cm³/mol. The first-order valence-electron chi connectivity index (χ1n) is 8.59. The number of carbonyl (C=O) groups excluding carboxylic acids is 1. The molecule has 5 heteroatoms. The van der Waals surface area contributed by atoms with Crippen molar-refractivity contribution in [3.8, 4) is 5.75 Å². The highest BCUT2D eigenvalue weighted by molar-refractivity contribution is 9.10. The topological polar surface area (TPSA) is 41.6 Å². The van der Waals surface area contributed by atoms with Crippen molar-refractivity contribution < 1.29 is 9.53 Å². The van der Waals surface area contributed by atoms with E-state index in [1.54, 1.807) is 7.11 Å². The maximum absolute atomic E-state index is 12.4. The van der Waals surface area contributed by atoms with E-state index in [1.807, 2.05) is 36.4 Å². The number of amides is 1. The summed E-state index contributed by atoms with van der Waals surface area (Å²) in [5.74, 6) is 0.813. The molecule has 132 valence electrons. The van der Waals surface area contributed by atoms with Gasteiger partial charge in [0.05, 0.1) is 13.2 Å². The maximum Gasteiger partial charge on any atom is 0.251 e. The van der Waals surface area contributed by atoms with Crippen LogP contribution in [0, 0.1) is 0 Å². The van der Waals surface area contributed by atoms with Gasteiger partial charge in [0.25, 0.3) is 5.91 Å². The summed E-state index contributed by atoms with van der Waals surface area (Å²) in [4.78, 5) is 14.9. The molecule has 0 aliphatic carbocycles. The van der Waals surface area contributed by atoms with Crippen LogP contribution in [0.1, 0.15) is 34.8 Å². The average Bonchev–Trinajstić information content (AvgIpc) is 3.17. The third-order valence-electron chi connectivity index (χ3n) is 4.64. The van der Waals surface area contributed by atoms with Crippen molar-refractivity contribution in [1.29, 1.82) is 0 Å². The van der Waals surface area contributed by atoms with Crippen LogP contribution < -0.4 is 10.1 Å². The lowest BCUT2D eigenvalue weighted by molar-refractivity contribution is 0.0938. The minimum atomic E-state index is -0.0368. The molecular formula is C20H23BrN2O2. The Hall–Kier alpha value is -1.85. The lowest BCUT2D eigenvalue weighted by Gasteiger charge is -2.28. The van der Waals surface area contributed by atoms with Crippen LogP contribution in [-0.2, 0) is 0 Å². The van der Waals surface area contributed by atoms with Gasteiger partial charge in [0, 0.05) is 16.6 Å². The van der Waals surface area contributed by atoms with E-state index in [4.69, 9.17) is 4.74 Å². The first-order chi connectivity index (χ1) is 12.2. The molecule has 1 N–H and O–H groups in total. The van der Waals surface area contributed by atoms with E-state index in [0.29, 0.717) is 12.1 Å². The number of rotatable bonds is 6. The molecule has 0 radical (unpaired) electrons. The Bertz CT molecular complexity index is 695. The summed E-state index contributed by atoms with van der Waals surface area (Å²) in [5, 5.41) is 3.10. The average molecular weight is 403 g/mol. The van der Waals surface area contributed by atoms with Crippen LogP contribution >= 0.6 is 15.9 Å². The molecule has 4 nitrogen and oxygen atoms in total. The SMILES string of the molecule is COc1ccc([C@H](CNC(=O)c2ccc(Br)cc2)N2CCCC2)cc1. The van der Waals surface area contributed by atoms with Crippen molar-refractivity contribution in [2.24, 2.45) is 0 Å². The van der Waals surface area contributed by atoms with E-state index in [0.717, 1.165) is 23.3 Å². The van der Waals surface area contributed by atoms with Crippen molar-refractivity contribution in [2.75, 3.05) is 26.7 Å². The van der Waals surface area contributed by atoms with Gasteiger partial charge >= 0.3 is 0 Å². The summed E-state index contributed by atoms with van der Waals surface area (Å²) in [6.45, 7) is 2.75. The van der Waals surface area contributed by atoms with Crippen LogP contribution in [0.15, 0.2) is 53.0 Å². The summed E-state index contributed by atoms with van der Waals surface area (Å²) >= 11 is 3.40. The fraction of sp³-hybridized carbons (Fsp3) is 0.350. The molecule has 3 rings (SSSR count). The van der Waals surface area contributed by atoms with Gasteiger partial charge in [0.15, 0.2) is 0 Å². The lowest BCUT2D eigenvalue weighted by atomic mass is 10.0. The smallest absolute Gasteiger partial charge is 0.251 e. The van der Waals surface area contributed by atoms with Crippen LogP contribution in [0.25, 0.3) is 0 Å². The first kappa shape index (κ1) is 18.0. The quantitative estimate of drug-likeness (QED) is 0.792. The largest absolute Gasteiger partial charge is 0.497 e. The van der Waals surface area contributed by atoms with E-state index in [2.05, 4.69) is 38.3 Å². The number of ether oxygens (including phenoxy) is 1. The maximum atomic E-state index is 12.4. The molecule has 1 saturated heterocycles. The fourth-order valence-corrected chi connectivity index (χ4v) is 3.49. The zero-order chi connectivity index (χ0) is 17.6. The summed E-state index contributed by atoms with van der Waals surface area (Å²) in [6.07, 6.45) is 2.43. The van der Waals surface area contributed by atoms with E-state index >= 15 is 0 Å². The third kappa shape index (κ3) is 4.61. The highest BCUT2D eigenvalue weighted by Crippen LogP contribution is 2.26. The number of hydrogen-bond acceptors (Lipinski definition) is 3. The second-order valence-corrected chi connectivity index (χ2v) is 7.16. The van der Waals surface area contributed by atoms with Crippen LogP contribution in [0.5, 0.6) is 5.75 Å². The van der Waals surface area contributed by atoms with Crippen LogP contribution in [-0.4, -0.2) is 37.6 Å². The van der Waals surface area contributed by atoms with Gasteiger partial charge in [0.2, 0.25) is 0 Å². The molecule has 0 aromatic heterocycles. The zero-order valence-corrected chi connectivity index (χ0v) is 16.0. The van der Waals surface area contributed by atoms with Gasteiger partial charge in [-0.25, -0.2) is 0 Å². The molecule has 1 aliphatic heterocycles. The molecule has 1 fully saturated rings. The van der Waals surface area contributed by atoms with Gasteiger partial charge < -0.3 is 10.1 Å². The summed E-state index contributed by atoms with van der Waals surface area (Å²) in [7, 11) is 1.67. The highest BCUT2D eigenvalue weighted by Gasteiger charge is 2.24. The summed E-state index contributed by atoms with van der Waals surface area (Å²) in [6, 6.07) is 15.8. The second-order valence-electron chi connectivity index (χ2n) is 6.25. The molecule has 1 heterocycles. The standard InChI is InChI=1S/C20H23BrN2O2/c1-25-18-10-6-15(7-11-18)19(23-12-2-3-13-23)14-22-20(24)16-4-8-17(21)9-5-16/h4-11,19H,2-3,12-14H2,1H3,(H,22,24)/t19-/m0/s1. The number of methoxy groups -OCH3 is 1. The predicted octanol–water partition coefficient (Wildman–Crippen LogP) is 4.02. The molecule has 0 spiro atoms. The first-order valence-corrected chi connectivity index (χ1v) is 9.38. The molecule has 1 atom stereocenters. The normalized spacial score (nSPS) is 15.8. The minimum absolute atomic E-state index is 0.0368. The van der Waals surface area contributed by atoms with Crippen molar-refractivity contribution in [1.82, 2.24) is 10.2 Å². The Kier molecular flexibility index (Phi) is 6.10. The molecule has 2 aromatic rings. The van der Waals surface area contributed by atoms with Crippen LogP contribution in [0.3, 0.4) is 0 Å². The fourth-order valence-electron chi connectivity index (χ4n) is 3.23. The Morgan fingerprint density at radius 3 is 2.36 bits per heavy atom. The molecule has 2 aromatic carbocycles. The van der Waals surface area contributed by atoms with Crippen molar-refractivity contribution in [3.05, 3.63) is 64.1 Å². The van der Waals surface area contributed by atoms with Gasteiger partial charge in [-0.05, 0) is 67.9 Å². The van der Waals surface area contributed by atoms with Gasteiger partial charge in [-0.3, -0.25) is 9.69 Å². The molecular weight excluding hydrogens is 380 g/mol. The molecule has 25 heavy (non-hydrogen) atoms. The summed E-state index contributed by atoms with van der Waals surface area (Å²) < 4.78 is 6.22. The van der Waals surface area contributed by atoms with Gasteiger partial charge in [-0.1, -0.05) is 28.1 Å². The monoisotopic (exact) mass is 402 g/mol. The van der Waals surface area contributed by atoms with Gasteiger partial charge in [-0.2, -0.15) is 0 Å². The number of hydrogen-bond donors (Lipinski definition) is 1. The second kappa shape index (κ2) is 8.50. The summed E-state index contributed by atoms with van der Waals surface area (Å²) in [5.41, 5.74) is 1.89. The highest BCUT2D eigenvalue weighted by atomic mass is 79.9. The minimum Gasteiger partial charge on any atom is -0.497 e. The molecule has 0 saturated carbocycles. The molecule has 1 aliphatic rings. The number of nitrogens with zero attached hydrogens (tertiary/aromatic N) is 1. The van der Waals surface area contributed by atoms with E-state index < -0.39 is 0 Å². The van der Waals surface area contributed by atoms with Gasteiger partial charge in [-0.15, -0.1) is 0 Å². The van der Waals surface area contributed by atoms with Crippen molar-refractivity contribution >= 4 is 21.8 Å². The Labute approximate surface area is 157 Å². The van der Waals surface area contributed by atoms with Crippen molar-refractivity contribution in [2.45, 2.75) is 18.9 Å². The third-order valence-corrected chi connectivity index (χ3v) is 5.17. The Morgan fingerprint density at radius 2 is 1.76 bits per heavy atom. The van der Waals surface area contributed by atoms with Crippen LogP contribution in [0.2, 0.25) is 0 Å². The molecule has 0 bridgehead atoms. The van der Waals surface area contributed by atoms with E-state index in [-0.39, 0.29) is 11.9 Å². The Morgan fingerprint density at radius 1 is 1.12 bits per heavy atom. The number of benzene rings is 2. The number of carbonyl (C=O) groups is 1. The van der Waals surface area contributed by atoms with E-state index in [1.165, 1.54) is 18.4 Å². The van der Waals surface area contributed by atoms with Gasteiger partial charge in [0.1, 0.15) is 5.75 Å². The molecule has 1 amide bonds. The molecule has 0 unspecified atom stereocenters. The van der Waals surface area contributed by atoms with E-state index in [9.17, 15) is 4.79 Å². The lowest BCUT2D eigenvalue weighted by Crippen LogP contribution is -2.36. The zero-order valence-electron chi connectivity index (χ0n) is 14.4. The van der Waals surface area contributed by atoms with Crippen LogP contribution in [0.4, 0.5) is 0 Å².